The van der Waals surface area contributed by atoms with Gasteiger partial charge in [-0.3, -0.25) is 9.59 Å². The number of amides is 2. The number of carbonyl (C=O) groups is 2. The van der Waals surface area contributed by atoms with Crippen molar-refractivity contribution in [2.75, 3.05) is 26.2 Å². The van der Waals surface area contributed by atoms with Crippen LogP contribution in [0.5, 0.6) is 0 Å². The van der Waals surface area contributed by atoms with E-state index in [0.717, 1.165) is 6.42 Å². The highest BCUT2D eigenvalue weighted by Gasteiger charge is 2.28. The summed E-state index contributed by atoms with van der Waals surface area (Å²) in [6.45, 7) is 8.02. The zero-order valence-corrected chi connectivity index (χ0v) is 12.2. The first-order chi connectivity index (χ1) is 7.97. The Morgan fingerprint density at radius 3 is 2.00 bits per heavy atom. The third-order valence-corrected chi connectivity index (χ3v) is 3.58. The fraction of sp³-hybridized carbons (Fsp3) is 0.833. The lowest BCUT2D eigenvalue weighted by Gasteiger charge is -2.36. The fourth-order valence-corrected chi connectivity index (χ4v) is 1.95. The van der Waals surface area contributed by atoms with Gasteiger partial charge < -0.3 is 15.5 Å². The summed E-state index contributed by atoms with van der Waals surface area (Å²) < 4.78 is 0. The number of nitrogens with two attached hydrogens (primary N) is 1. The van der Waals surface area contributed by atoms with Gasteiger partial charge in [0.05, 0.1) is 6.04 Å². The third kappa shape index (κ3) is 4.14. The van der Waals surface area contributed by atoms with Crippen LogP contribution in [-0.2, 0) is 9.59 Å². The van der Waals surface area contributed by atoms with Crippen molar-refractivity contribution in [2.24, 2.45) is 11.7 Å². The molecule has 0 radical (unpaired) electrons. The molecule has 2 N–H and O–H groups in total. The number of nitrogens with zero attached hydrogens (tertiary/aromatic N) is 2. The molecule has 1 aliphatic heterocycles. The van der Waals surface area contributed by atoms with Gasteiger partial charge in [0.2, 0.25) is 11.8 Å². The van der Waals surface area contributed by atoms with Gasteiger partial charge in [0.25, 0.3) is 0 Å². The summed E-state index contributed by atoms with van der Waals surface area (Å²) in [4.78, 5) is 26.8. The Bertz CT molecular complexity index is 291. The Balaban J connectivity index is 0.00000289. The van der Waals surface area contributed by atoms with Crippen LogP contribution >= 0.6 is 12.4 Å². The second-order valence-electron chi connectivity index (χ2n) is 4.74. The number of halogens is 1. The average Bonchev–Trinajstić information content (AvgIpc) is 2.36. The number of hydrogen-bond acceptors (Lipinski definition) is 3. The van der Waals surface area contributed by atoms with Crippen molar-refractivity contribution in [3.63, 3.8) is 0 Å². The van der Waals surface area contributed by atoms with Gasteiger partial charge in [-0.05, 0) is 5.92 Å². The van der Waals surface area contributed by atoms with E-state index in [0.29, 0.717) is 26.2 Å². The standard InChI is InChI=1S/C12H23N3O2.ClH/c1-4-9(2)11(13)12(17)15-7-5-14(6-8-15)10(3)16;/h9,11H,4-8,13H2,1-3H3;1H. The Labute approximate surface area is 115 Å². The number of rotatable bonds is 3. The average molecular weight is 278 g/mol. The number of hydrogen-bond donors (Lipinski definition) is 1. The van der Waals surface area contributed by atoms with Crippen LogP contribution in [0.2, 0.25) is 0 Å². The van der Waals surface area contributed by atoms with Gasteiger partial charge in [-0.25, -0.2) is 0 Å². The summed E-state index contributed by atoms with van der Waals surface area (Å²) in [7, 11) is 0. The van der Waals surface area contributed by atoms with Crippen LogP contribution in [-0.4, -0.2) is 53.8 Å². The largest absolute Gasteiger partial charge is 0.339 e. The highest BCUT2D eigenvalue weighted by atomic mass is 35.5. The molecule has 0 aromatic rings. The SMILES string of the molecule is CCC(C)C(N)C(=O)N1CCN(C(C)=O)CC1.Cl. The molecule has 2 amide bonds. The molecule has 0 spiro atoms. The molecular formula is C12H24ClN3O2. The van der Waals surface area contributed by atoms with Gasteiger partial charge >= 0.3 is 0 Å². The molecule has 106 valence electrons. The molecule has 2 unspecified atom stereocenters. The zero-order valence-electron chi connectivity index (χ0n) is 11.4. The monoisotopic (exact) mass is 277 g/mol. The minimum atomic E-state index is -0.413. The Morgan fingerprint density at radius 1 is 1.17 bits per heavy atom. The molecule has 5 nitrogen and oxygen atoms in total. The van der Waals surface area contributed by atoms with Crippen molar-refractivity contribution < 1.29 is 9.59 Å². The smallest absolute Gasteiger partial charge is 0.239 e. The first kappa shape index (κ1) is 17.2. The van der Waals surface area contributed by atoms with E-state index in [1.165, 1.54) is 0 Å². The van der Waals surface area contributed by atoms with Crippen LogP contribution in [0.4, 0.5) is 0 Å². The van der Waals surface area contributed by atoms with E-state index in [1.54, 1.807) is 16.7 Å². The van der Waals surface area contributed by atoms with Gasteiger partial charge in [-0.15, -0.1) is 12.4 Å². The van der Waals surface area contributed by atoms with Crippen LogP contribution < -0.4 is 5.73 Å². The highest BCUT2D eigenvalue weighted by Crippen LogP contribution is 2.10. The molecule has 0 bridgehead atoms. The normalized spacial score (nSPS) is 18.9. The van der Waals surface area contributed by atoms with E-state index in [-0.39, 0.29) is 30.1 Å². The molecule has 0 aromatic carbocycles. The summed E-state index contributed by atoms with van der Waals surface area (Å²) in [5.74, 6) is 0.291. The first-order valence-corrected chi connectivity index (χ1v) is 6.27. The van der Waals surface area contributed by atoms with Crippen LogP contribution in [0, 0.1) is 5.92 Å². The molecule has 1 aliphatic rings. The van der Waals surface area contributed by atoms with Crippen LogP contribution in [0.25, 0.3) is 0 Å². The van der Waals surface area contributed by atoms with Gasteiger partial charge in [0, 0.05) is 33.1 Å². The molecule has 1 fully saturated rings. The molecular weight excluding hydrogens is 254 g/mol. The topological polar surface area (TPSA) is 66.6 Å². The summed E-state index contributed by atoms with van der Waals surface area (Å²) in [6, 6.07) is -0.413. The minimum absolute atomic E-state index is 0. The van der Waals surface area contributed by atoms with Crippen molar-refractivity contribution in [1.29, 1.82) is 0 Å². The maximum absolute atomic E-state index is 12.1. The van der Waals surface area contributed by atoms with Gasteiger partial charge in [0.1, 0.15) is 0 Å². The second-order valence-corrected chi connectivity index (χ2v) is 4.74. The highest BCUT2D eigenvalue weighted by molar-refractivity contribution is 5.85. The summed E-state index contributed by atoms with van der Waals surface area (Å²) in [5.41, 5.74) is 5.92. The molecule has 0 aromatic heterocycles. The Morgan fingerprint density at radius 2 is 1.61 bits per heavy atom. The van der Waals surface area contributed by atoms with Gasteiger partial charge in [-0.2, -0.15) is 0 Å². The molecule has 1 rings (SSSR count). The van der Waals surface area contributed by atoms with E-state index >= 15 is 0 Å². The van der Waals surface area contributed by atoms with Crippen molar-refractivity contribution in [1.82, 2.24) is 9.80 Å². The lowest BCUT2D eigenvalue weighted by molar-refractivity contribution is -0.140. The van der Waals surface area contributed by atoms with Gasteiger partial charge in [-0.1, -0.05) is 20.3 Å². The van der Waals surface area contributed by atoms with E-state index < -0.39 is 6.04 Å². The van der Waals surface area contributed by atoms with Crippen LogP contribution in [0.3, 0.4) is 0 Å². The molecule has 2 atom stereocenters. The zero-order chi connectivity index (χ0) is 13.0. The lowest BCUT2D eigenvalue weighted by atomic mass is 9.98. The van der Waals surface area contributed by atoms with E-state index in [1.807, 2.05) is 13.8 Å². The summed E-state index contributed by atoms with van der Waals surface area (Å²) in [5, 5.41) is 0. The van der Waals surface area contributed by atoms with E-state index in [4.69, 9.17) is 5.73 Å². The predicted octanol–water partition coefficient (Wildman–Crippen LogP) is 0.472. The fourth-order valence-electron chi connectivity index (χ4n) is 1.95. The van der Waals surface area contributed by atoms with Crippen molar-refractivity contribution in [2.45, 2.75) is 33.2 Å². The molecule has 18 heavy (non-hydrogen) atoms. The molecule has 0 saturated carbocycles. The second kappa shape index (κ2) is 7.59. The Kier molecular flexibility index (Phi) is 7.25. The van der Waals surface area contributed by atoms with Crippen LogP contribution in [0.15, 0.2) is 0 Å². The molecule has 0 aliphatic carbocycles. The van der Waals surface area contributed by atoms with E-state index in [2.05, 4.69) is 0 Å². The maximum Gasteiger partial charge on any atom is 0.239 e. The Hall–Kier alpha value is -0.810. The number of carbonyl (C=O) groups excluding carboxylic acids is 2. The predicted molar refractivity (Wildman–Crippen MR) is 73.5 cm³/mol. The third-order valence-electron chi connectivity index (χ3n) is 3.58. The molecule has 1 saturated heterocycles. The lowest BCUT2D eigenvalue weighted by Crippen LogP contribution is -2.55. The number of piperazine rings is 1. The maximum atomic E-state index is 12.1. The van der Waals surface area contributed by atoms with Crippen molar-refractivity contribution in [3.05, 3.63) is 0 Å². The summed E-state index contributed by atoms with van der Waals surface area (Å²) >= 11 is 0. The molecule has 1 heterocycles. The first-order valence-electron chi connectivity index (χ1n) is 6.27. The van der Waals surface area contributed by atoms with Gasteiger partial charge in [0.15, 0.2) is 0 Å². The van der Waals surface area contributed by atoms with Crippen molar-refractivity contribution >= 4 is 24.2 Å². The van der Waals surface area contributed by atoms with Crippen LogP contribution in [0.1, 0.15) is 27.2 Å². The van der Waals surface area contributed by atoms with E-state index in [9.17, 15) is 9.59 Å². The minimum Gasteiger partial charge on any atom is -0.339 e. The quantitative estimate of drug-likeness (QED) is 0.816. The molecule has 6 heteroatoms. The summed E-state index contributed by atoms with van der Waals surface area (Å²) in [6.07, 6.45) is 0.903. The van der Waals surface area contributed by atoms with Crippen molar-refractivity contribution in [3.8, 4) is 0 Å².